The maximum absolute atomic E-state index is 9.02. The van der Waals surface area contributed by atoms with Crippen molar-refractivity contribution in [1.29, 1.82) is 0 Å². The average molecular weight is 199 g/mol. The molecule has 1 saturated carbocycles. The summed E-state index contributed by atoms with van der Waals surface area (Å²) in [7, 11) is 0. The smallest absolute Gasteiger partial charge is 0.0558 e. The lowest BCUT2D eigenvalue weighted by atomic mass is 9.86. The summed E-state index contributed by atoms with van der Waals surface area (Å²) >= 11 is 0. The minimum atomic E-state index is 0.310. The molecular formula is C12H25NO. The van der Waals surface area contributed by atoms with Gasteiger partial charge in [0.1, 0.15) is 0 Å². The van der Waals surface area contributed by atoms with Gasteiger partial charge >= 0.3 is 0 Å². The molecule has 0 spiro atoms. The molecule has 1 aliphatic rings. The summed E-state index contributed by atoms with van der Waals surface area (Å²) in [4.78, 5) is 2.48. The number of hydrogen-bond acceptors (Lipinski definition) is 2. The molecule has 0 heterocycles. The minimum Gasteiger partial charge on any atom is -0.395 e. The zero-order chi connectivity index (χ0) is 10.4. The van der Waals surface area contributed by atoms with Gasteiger partial charge in [-0.25, -0.2) is 0 Å². The molecule has 1 N–H and O–H groups in total. The normalized spacial score (nSPS) is 28.3. The van der Waals surface area contributed by atoms with Crippen molar-refractivity contribution in [2.24, 2.45) is 5.92 Å². The number of aliphatic hydroxyl groups is 1. The van der Waals surface area contributed by atoms with Crippen LogP contribution in [0, 0.1) is 5.92 Å². The van der Waals surface area contributed by atoms with E-state index in [9.17, 15) is 0 Å². The SMILES string of the molecule is CCCN(CCO)[C@@H]1CCC[C@@H](C)C1. The van der Waals surface area contributed by atoms with Crippen molar-refractivity contribution < 1.29 is 5.11 Å². The Morgan fingerprint density at radius 2 is 2.07 bits per heavy atom. The molecule has 84 valence electrons. The van der Waals surface area contributed by atoms with Crippen LogP contribution in [0.25, 0.3) is 0 Å². The average Bonchev–Trinajstić information content (AvgIpc) is 2.17. The van der Waals surface area contributed by atoms with Crippen LogP contribution >= 0.6 is 0 Å². The Labute approximate surface area is 88.3 Å². The van der Waals surface area contributed by atoms with E-state index >= 15 is 0 Å². The maximum Gasteiger partial charge on any atom is 0.0558 e. The van der Waals surface area contributed by atoms with Crippen molar-refractivity contribution in [3.63, 3.8) is 0 Å². The Morgan fingerprint density at radius 1 is 1.29 bits per heavy atom. The van der Waals surface area contributed by atoms with E-state index in [1.807, 2.05) is 0 Å². The molecule has 14 heavy (non-hydrogen) atoms. The molecular weight excluding hydrogens is 174 g/mol. The van der Waals surface area contributed by atoms with Crippen molar-refractivity contribution in [3.8, 4) is 0 Å². The molecule has 0 aromatic carbocycles. The first kappa shape index (κ1) is 12.0. The van der Waals surface area contributed by atoms with Gasteiger partial charge in [-0.1, -0.05) is 26.7 Å². The molecule has 0 saturated heterocycles. The van der Waals surface area contributed by atoms with Crippen molar-refractivity contribution in [1.82, 2.24) is 4.90 Å². The standard InChI is InChI=1S/C12H25NO/c1-3-7-13(8-9-14)12-6-4-5-11(2)10-12/h11-12,14H,3-10H2,1-2H3/t11-,12-/m1/s1. The lowest BCUT2D eigenvalue weighted by Gasteiger charge is -2.36. The molecule has 0 amide bonds. The Kier molecular flexibility index (Phi) is 5.49. The second kappa shape index (κ2) is 6.41. The molecule has 1 aliphatic carbocycles. The number of nitrogens with zero attached hydrogens (tertiary/aromatic N) is 1. The summed E-state index contributed by atoms with van der Waals surface area (Å²) < 4.78 is 0. The fourth-order valence-electron chi connectivity index (χ4n) is 2.63. The van der Waals surface area contributed by atoms with Gasteiger partial charge in [-0.05, 0) is 31.7 Å². The highest BCUT2D eigenvalue weighted by Crippen LogP contribution is 2.27. The third kappa shape index (κ3) is 3.58. The van der Waals surface area contributed by atoms with Gasteiger partial charge in [-0.3, -0.25) is 4.90 Å². The Hall–Kier alpha value is -0.0800. The molecule has 0 unspecified atom stereocenters. The van der Waals surface area contributed by atoms with Crippen LogP contribution in [-0.2, 0) is 0 Å². The fraction of sp³-hybridized carbons (Fsp3) is 1.00. The Bertz CT molecular complexity index is 141. The van der Waals surface area contributed by atoms with E-state index in [1.54, 1.807) is 0 Å². The second-order valence-electron chi connectivity index (χ2n) is 4.69. The van der Waals surface area contributed by atoms with Crippen molar-refractivity contribution in [2.45, 2.75) is 52.0 Å². The van der Waals surface area contributed by atoms with Gasteiger partial charge in [0.15, 0.2) is 0 Å². The minimum absolute atomic E-state index is 0.310. The van der Waals surface area contributed by atoms with Gasteiger partial charge in [-0.2, -0.15) is 0 Å². The number of rotatable bonds is 5. The van der Waals surface area contributed by atoms with Gasteiger partial charge in [0.2, 0.25) is 0 Å². The van der Waals surface area contributed by atoms with E-state index in [-0.39, 0.29) is 0 Å². The third-order valence-corrected chi connectivity index (χ3v) is 3.32. The van der Waals surface area contributed by atoms with Crippen LogP contribution in [0.4, 0.5) is 0 Å². The molecule has 2 heteroatoms. The third-order valence-electron chi connectivity index (χ3n) is 3.32. The first-order chi connectivity index (χ1) is 6.77. The second-order valence-corrected chi connectivity index (χ2v) is 4.69. The van der Waals surface area contributed by atoms with Crippen molar-refractivity contribution >= 4 is 0 Å². The van der Waals surface area contributed by atoms with E-state index in [4.69, 9.17) is 5.11 Å². The summed E-state index contributed by atoms with van der Waals surface area (Å²) in [5.74, 6) is 0.881. The molecule has 0 bridgehead atoms. The highest BCUT2D eigenvalue weighted by Gasteiger charge is 2.23. The summed E-state index contributed by atoms with van der Waals surface area (Å²) in [6.45, 7) is 6.90. The first-order valence-electron chi connectivity index (χ1n) is 6.12. The summed E-state index contributed by atoms with van der Waals surface area (Å²) in [6.07, 6.45) is 6.64. The maximum atomic E-state index is 9.02. The fourth-order valence-corrected chi connectivity index (χ4v) is 2.63. The number of aliphatic hydroxyl groups excluding tert-OH is 1. The predicted molar refractivity (Wildman–Crippen MR) is 60.4 cm³/mol. The van der Waals surface area contributed by atoms with Gasteiger partial charge < -0.3 is 5.11 Å². The molecule has 0 aromatic rings. The van der Waals surface area contributed by atoms with E-state index in [1.165, 1.54) is 32.1 Å². The van der Waals surface area contributed by atoms with Gasteiger partial charge in [-0.15, -0.1) is 0 Å². The monoisotopic (exact) mass is 199 g/mol. The van der Waals surface area contributed by atoms with E-state index in [2.05, 4.69) is 18.7 Å². The highest BCUT2D eigenvalue weighted by atomic mass is 16.3. The van der Waals surface area contributed by atoms with Gasteiger partial charge in [0.25, 0.3) is 0 Å². The molecule has 0 aliphatic heterocycles. The number of hydrogen-bond donors (Lipinski definition) is 1. The van der Waals surface area contributed by atoms with Crippen LogP contribution in [0.1, 0.15) is 46.0 Å². The zero-order valence-corrected chi connectivity index (χ0v) is 9.71. The van der Waals surface area contributed by atoms with Crippen molar-refractivity contribution in [2.75, 3.05) is 19.7 Å². The molecule has 2 atom stereocenters. The summed E-state index contributed by atoms with van der Waals surface area (Å²) in [5, 5.41) is 9.02. The largest absolute Gasteiger partial charge is 0.395 e. The molecule has 1 fully saturated rings. The van der Waals surface area contributed by atoms with Crippen LogP contribution in [0.2, 0.25) is 0 Å². The highest BCUT2D eigenvalue weighted by molar-refractivity contribution is 4.78. The first-order valence-corrected chi connectivity index (χ1v) is 6.12. The van der Waals surface area contributed by atoms with E-state index in [0.717, 1.165) is 25.0 Å². The topological polar surface area (TPSA) is 23.5 Å². The molecule has 0 radical (unpaired) electrons. The lowest BCUT2D eigenvalue weighted by molar-refractivity contribution is 0.109. The zero-order valence-electron chi connectivity index (χ0n) is 9.71. The predicted octanol–water partition coefficient (Wildman–Crippen LogP) is 2.27. The Balaban J connectivity index is 2.39. The van der Waals surface area contributed by atoms with E-state index in [0.29, 0.717) is 6.61 Å². The van der Waals surface area contributed by atoms with Crippen molar-refractivity contribution in [3.05, 3.63) is 0 Å². The van der Waals surface area contributed by atoms with Crippen LogP contribution < -0.4 is 0 Å². The van der Waals surface area contributed by atoms with Crippen LogP contribution in [-0.4, -0.2) is 35.7 Å². The van der Waals surface area contributed by atoms with Gasteiger partial charge in [0.05, 0.1) is 6.61 Å². The Morgan fingerprint density at radius 3 is 2.64 bits per heavy atom. The lowest BCUT2D eigenvalue weighted by Crippen LogP contribution is -2.40. The van der Waals surface area contributed by atoms with Gasteiger partial charge in [0, 0.05) is 12.6 Å². The molecule has 2 nitrogen and oxygen atoms in total. The molecule has 1 rings (SSSR count). The molecule has 0 aromatic heterocycles. The summed E-state index contributed by atoms with van der Waals surface area (Å²) in [6, 6.07) is 0.742. The van der Waals surface area contributed by atoms with Crippen LogP contribution in [0.3, 0.4) is 0 Å². The summed E-state index contributed by atoms with van der Waals surface area (Å²) in [5.41, 5.74) is 0. The van der Waals surface area contributed by atoms with E-state index < -0.39 is 0 Å². The van der Waals surface area contributed by atoms with Crippen LogP contribution in [0.15, 0.2) is 0 Å². The van der Waals surface area contributed by atoms with Crippen LogP contribution in [0.5, 0.6) is 0 Å². The quantitative estimate of drug-likeness (QED) is 0.734.